The highest BCUT2D eigenvalue weighted by Crippen LogP contribution is 2.33. The Bertz CT molecular complexity index is 1460. The first kappa shape index (κ1) is 29.9. The first-order valence-corrected chi connectivity index (χ1v) is 15.4. The van der Waals surface area contributed by atoms with Gasteiger partial charge in [-0.15, -0.1) is 0 Å². The van der Waals surface area contributed by atoms with Gasteiger partial charge in [-0.25, -0.2) is 8.42 Å². The van der Waals surface area contributed by atoms with Crippen molar-refractivity contribution in [2.75, 3.05) is 10.8 Å². The van der Waals surface area contributed by atoms with Gasteiger partial charge in [-0.2, -0.15) is 0 Å². The van der Waals surface area contributed by atoms with Crippen LogP contribution in [0, 0.1) is 6.92 Å². The van der Waals surface area contributed by atoms with Crippen molar-refractivity contribution in [3.05, 3.63) is 94.0 Å². The van der Waals surface area contributed by atoms with Gasteiger partial charge in [-0.1, -0.05) is 78.5 Å². The largest absolute Gasteiger partial charge is 0.352 e. The number of halogens is 2. The first-order valence-electron chi connectivity index (χ1n) is 13.2. The number of amides is 2. The van der Waals surface area contributed by atoms with Crippen molar-refractivity contribution >= 4 is 50.7 Å². The van der Waals surface area contributed by atoms with Crippen molar-refractivity contribution < 1.29 is 18.0 Å². The summed E-state index contributed by atoms with van der Waals surface area (Å²) in [4.78, 5) is 28.8. The van der Waals surface area contributed by atoms with Crippen molar-refractivity contribution in [2.45, 2.75) is 63.1 Å². The minimum atomic E-state index is -4.21. The number of anilines is 1. The van der Waals surface area contributed by atoms with Gasteiger partial charge in [0.2, 0.25) is 11.8 Å². The minimum Gasteiger partial charge on any atom is -0.352 e. The Morgan fingerprint density at radius 2 is 1.62 bits per heavy atom. The van der Waals surface area contributed by atoms with Crippen LogP contribution in [0.2, 0.25) is 10.0 Å². The van der Waals surface area contributed by atoms with Gasteiger partial charge in [0.05, 0.1) is 15.6 Å². The Hall–Kier alpha value is -3.07. The number of aryl methyl sites for hydroxylation is 1. The lowest BCUT2D eigenvalue weighted by Gasteiger charge is -2.33. The second kappa shape index (κ2) is 13.1. The lowest BCUT2D eigenvalue weighted by molar-refractivity contribution is -0.139. The van der Waals surface area contributed by atoms with Crippen molar-refractivity contribution in [1.29, 1.82) is 0 Å². The fourth-order valence-corrected chi connectivity index (χ4v) is 6.88. The zero-order valence-corrected chi connectivity index (χ0v) is 24.8. The Labute approximate surface area is 246 Å². The molecule has 2 amide bonds. The molecule has 212 valence electrons. The van der Waals surface area contributed by atoms with E-state index in [9.17, 15) is 18.0 Å². The second-order valence-electron chi connectivity index (χ2n) is 10.0. The highest BCUT2D eigenvalue weighted by Gasteiger charge is 2.34. The summed E-state index contributed by atoms with van der Waals surface area (Å²) < 4.78 is 28.7. The van der Waals surface area contributed by atoms with Crippen LogP contribution in [-0.2, 0) is 26.2 Å². The number of sulfonamides is 1. The number of benzene rings is 3. The van der Waals surface area contributed by atoms with Gasteiger partial charge in [0, 0.05) is 17.6 Å². The fourth-order valence-electron chi connectivity index (χ4n) is 4.86. The monoisotopic (exact) mass is 601 g/mol. The standard InChI is InChI=1S/C30H33Cl2N3O4S/c1-21-10-6-7-11-23(21)19-34(22(2)30(37)33-25-12-8-9-13-25)29(36)20-35(28-17-16-24(31)18-27(28)32)40(38,39)26-14-4-3-5-15-26/h3-7,10-11,14-18,22,25H,8-9,12-13,19-20H2,1-2H3,(H,33,37)/t22-/m1/s1. The summed E-state index contributed by atoms with van der Waals surface area (Å²) in [6.45, 7) is 3.18. The number of carbonyl (C=O) groups is 2. The molecule has 1 aliphatic carbocycles. The van der Waals surface area contributed by atoms with Crippen LogP contribution < -0.4 is 9.62 Å². The maximum absolute atomic E-state index is 14.1. The molecule has 1 aliphatic rings. The normalized spacial score (nSPS) is 14.5. The van der Waals surface area contributed by atoms with Gasteiger partial charge >= 0.3 is 0 Å². The third kappa shape index (κ3) is 6.97. The highest BCUT2D eigenvalue weighted by molar-refractivity contribution is 7.92. The maximum Gasteiger partial charge on any atom is 0.264 e. The number of nitrogens with zero attached hydrogens (tertiary/aromatic N) is 2. The molecule has 0 heterocycles. The third-order valence-corrected chi connectivity index (χ3v) is 9.57. The molecule has 1 fully saturated rings. The summed E-state index contributed by atoms with van der Waals surface area (Å²) in [5.41, 5.74) is 1.93. The molecule has 0 saturated heterocycles. The number of rotatable bonds is 10. The zero-order chi connectivity index (χ0) is 28.9. The minimum absolute atomic E-state index is 0.00583. The SMILES string of the molecule is Cc1ccccc1CN(C(=O)CN(c1ccc(Cl)cc1Cl)S(=O)(=O)c1ccccc1)[C@H](C)C(=O)NC1CCCC1. The van der Waals surface area contributed by atoms with Crippen molar-refractivity contribution in [3.8, 4) is 0 Å². The average Bonchev–Trinajstić information content (AvgIpc) is 3.44. The van der Waals surface area contributed by atoms with Gasteiger partial charge in [0.25, 0.3) is 10.0 Å². The average molecular weight is 603 g/mol. The van der Waals surface area contributed by atoms with E-state index in [4.69, 9.17) is 23.2 Å². The smallest absolute Gasteiger partial charge is 0.264 e. The van der Waals surface area contributed by atoms with E-state index in [0.717, 1.165) is 41.1 Å². The molecule has 7 nitrogen and oxygen atoms in total. The highest BCUT2D eigenvalue weighted by atomic mass is 35.5. The number of carbonyl (C=O) groups excluding carboxylic acids is 2. The van der Waals surface area contributed by atoms with Crippen molar-refractivity contribution in [1.82, 2.24) is 10.2 Å². The van der Waals surface area contributed by atoms with E-state index < -0.39 is 28.5 Å². The van der Waals surface area contributed by atoms with Crippen molar-refractivity contribution in [3.63, 3.8) is 0 Å². The van der Waals surface area contributed by atoms with Crippen LogP contribution in [0.25, 0.3) is 0 Å². The summed E-state index contributed by atoms with van der Waals surface area (Å²) in [7, 11) is -4.21. The topological polar surface area (TPSA) is 86.8 Å². The van der Waals surface area contributed by atoms with E-state index in [1.165, 1.54) is 35.2 Å². The van der Waals surface area contributed by atoms with Crippen molar-refractivity contribution in [2.24, 2.45) is 0 Å². The van der Waals surface area contributed by atoms with E-state index in [-0.39, 0.29) is 34.1 Å². The molecule has 1 N–H and O–H groups in total. The molecule has 10 heteroatoms. The third-order valence-electron chi connectivity index (χ3n) is 7.26. The number of nitrogens with one attached hydrogen (secondary N) is 1. The molecule has 3 aromatic rings. The Balaban J connectivity index is 1.71. The summed E-state index contributed by atoms with van der Waals surface area (Å²) in [6.07, 6.45) is 3.92. The summed E-state index contributed by atoms with van der Waals surface area (Å²) in [5.74, 6) is -0.807. The molecule has 1 saturated carbocycles. The van der Waals surface area contributed by atoms with Crippen LogP contribution in [0.1, 0.15) is 43.7 Å². The molecule has 0 spiro atoms. The molecular weight excluding hydrogens is 569 g/mol. The van der Waals surface area contributed by atoms with E-state index in [1.807, 2.05) is 31.2 Å². The maximum atomic E-state index is 14.1. The molecule has 40 heavy (non-hydrogen) atoms. The van der Waals surface area contributed by atoms with Crippen LogP contribution >= 0.6 is 23.2 Å². The molecule has 1 atom stereocenters. The van der Waals surface area contributed by atoms with Crippen LogP contribution in [0.4, 0.5) is 5.69 Å². The molecule has 0 aliphatic heterocycles. The summed E-state index contributed by atoms with van der Waals surface area (Å²) in [6, 6.07) is 19.1. The number of hydrogen-bond donors (Lipinski definition) is 1. The van der Waals surface area contributed by atoms with Crippen LogP contribution in [0.5, 0.6) is 0 Å². The Kier molecular flexibility index (Phi) is 9.77. The quantitative estimate of drug-likeness (QED) is 0.310. The molecule has 4 rings (SSSR count). The van der Waals surface area contributed by atoms with E-state index in [0.29, 0.717) is 5.02 Å². The van der Waals surface area contributed by atoms with Gasteiger partial charge < -0.3 is 10.2 Å². The van der Waals surface area contributed by atoms with Gasteiger partial charge in [-0.05, 0) is 68.1 Å². The molecule has 3 aromatic carbocycles. The lowest BCUT2D eigenvalue weighted by atomic mass is 10.1. The summed E-state index contributed by atoms with van der Waals surface area (Å²) >= 11 is 12.5. The molecule has 0 unspecified atom stereocenters. The zero-order valence-electron chi connectivity index (χ0n) is 22.5. The van der Waals surface area contributed by atoms with Crippen LogP contribution in [0.15, 0.2) is 77.7 Å². The van der Waals surface area contributed by atoms with Gasteiger partial charge in [-0.3, -0.25) is 13.9 Å². The number of hydrogen-bond acceptors (Lipinski definition) is 4. The second-order valence-corrected chi connectivity index (χ2v) is 12.7. The van der Waals surface area contributed by atoms with Crippen LogP contribution in [0.3, 0.4) is 0 Å². The van der Waals surface area contributed by atoms with E-state index in [1.54, 1.807) is 25.1 Å². The van der Waals surface area contributed by atoms with Gasteiger partial charge in [0.1, 0.15) is 12.6 Å². The first-order chi connectivity index (χ1) is 19.1. The molecule has 0 radical (unpaired) electrons. The fraction of sp³-hybridized carbons (Fsp3) is 0.333. The molecule has 0 bridgehead atoms. The predicted molar refractivity (Wildman–Crippen MR) is 159 cm³/mol. The molecule has 0 aromatic heterocycles. The predicted octanol–water partition coefficient (Wildman–Crippen LogP) is 5.97. The molecular formula is C30H33Cl2N3O4S. The van der Waals surface area contributed by atoms with Gasteiger partial charge in [0.15, 0.2) is 0 Å². The van der Waals surface area contributed by atoms with E-state index in [2.05, 4.69) is 5.32 Å². The van der Waals surface area contributed by atoms with Crippen LogP contribution in [-0.4, -0.2) is 43.8 Å². The lowest BCUT2D eigenvalue weighted by Crippen LogP contribution is -2.52. The van der Waals surface area contributed by atoms with E-state index >= 15 is 0 Å². The Morgan fingerprint density at radius 1 is 0.975 bits per heavy atom. The Morgan fingerprint density at radius 3 is 2.27 bits per heavy atom. The summed E-state index contributed by atoms with van der Waals surface area (Å²) in [5, 5.41) is 3.48.